The summed E-state index contributed by atoms with van der Waals surface area (Å²) in [7, 11) is 4.20. The van der Waals surface area contributed by atoms with Crippen molar-refractivity contribution in [2.75, 3.05) is 20.6 Å². The van der Waals surface area contributed by atoms with Crippen molar-refractivity contribution in [3.05, 3.63) is 35.9 Å². The Morgan fingerprint density at radius 2 is 1.73 bits per heavy atom. The van der Waals surface area contributed by atoms with Crippen LogP contribution in [0.3, 0.4) is 0 Å². The lowest BCUT2D eigenvalue weighted by atomic mass is 9.92. The number of nitrogens with zero attached hydrogens (tertiary/aromatic N) is 1. The van der Waals surface area contributed by atoms with Crippen LogP contribution in [-0.2, 0) is 6.42 Å². The lowest BCUT2D eigenvalue weighted by Crippen LogP contribution is -2.14. The predicted molar refractivity (Wildman–Crippen MR) is 48.7 cm³/mol. The molecule has 1 nitrogen and oxygen atoms in total. The first-order chi connectivity index (χ1) is 5.29. The predicted octanol–water partition coefficient (Wildman–Crippen LogP) is 1.79. The molecule has 0 unspecified atom stereocenters. The largest absolute Gasteiger partial charge is 0.309 e. The van der Waals surface area contributed by atoms with E-state index in [0.717, 1.165) is 13.0 Å². The number of hydrogen-bond donors (Lipinski definition) is 0. The Morgan fingerprint density at radius 3 is 2.27 bits per heavy atom. The normalized spacial score (nSPS) is 10.5. The summed E-state index contributed by atoms with van der Waals surface area (Å²) in [5, 5.41) is 0. The van der Waals surface area contributed by atoms with Crippen LogP contribution in [0.1, 0.15) is 5.56 Å². The highest BCUT2D eigenvalue weighted by atomic mass is 15.0. The topological polar surface area (TPSA) is 3.24 Å². The molecule has 0 bridgehead atoms. The zero-order valence-corrected chi connectivity index (χ0v) is 7.25. The van der Waals surface area contributed by atoms with E-state index in [0.29, 0.717) is 0 Å². The number of benzene rings is 1. The van der Waals surface area contributed by atoms with Crippen molar-refractivity contribution in [1.29, 1.82) is 0 Å². The van der Waals surface area contributed by atoms with E-state index < -0.39 is 0 Å². The average molecular weight is 148 g/mol. The highest BCUT2D eigenvalue weighted by Crippen LogP contribution is 1.99. The van der Waals surface area contributed by atoms with Crippen LogP contribution in [0.5, 0.6) is 0 Å². The third kappa shape index (κ3) is 3.19. The average Bonchev–Trinajstić information content (AvgIpc) is 2.03. The van der Waals surface area contributed by atoms with Gasteiger partial charge in [0.15, 0.2) is 0 Å². The maximum absolute atomic E-state index is 2.20. The summed E-state index contributed by atoms with van der Waals surface area (Å²) in [6, 6.07) is 10.6. The molecule has 0 saturated carbocycles. The van der Waals surface area contributed by atoms with Gasteiger partial charge in [0.2, 0.25) is 0 Å². The molecule has 0 fully saturated rings. The van der Waals surface area contributed by atoms with Crippen LogP contribution in [-0.4, -0.2) is 25.5 Å². The van der Waals surface area contributed by atoms with Crippen molar-refractivity contribution in [1.82, 2.24) is 4.90 Å². The Morgan fingerprint density at radius 1 is 1.09 bits per heavy atom. The molecule has 11 heavy (non-hydrogen) atoms. The van der Waals surface area contributed by atoms with E-state index >= 15 is 0 Å². The maximum Gasteiger partial charge on any atom is 0.00157 e. The summed E-state index contributed by atoms with van der Waals surface area (Å²) in [5.41, 5.74) is 1.42. The van der Waals surface area contributed by atoms with Gasteiger partial charge in [-0.1, -0.05) is 30.3 Å². The Kier molecular flexibility index (Phi) is 3.12. The molecule has 0 aliphatic heterocycles. The molecule has 0 saturated heterocycles. The van der Waals surface area contributed by atoms with Crippen molar-refractivity contribution in [3.8, 4) is 0 Å². The second-order valence-corrected chi connectivity index (χ2v) is 3.04. The standard InChI is InChI=1S/C10H15N/c1-11(2)9-8-10-6-4-3-5-7-10/h3-7H,8-9H2,1-2H3/i9-1. The zero-order chi connectivity index (χ0) is 8.10. The summed E-state index contributed by atoms with van der Waals surface area (Å²) >= 11 is 0. The van der Waals surface area contributed by atoms with Crippen molar-refractivity contribution in [3.63, 3.8) is 0 Å². The highest BCUT2D eigenvalue weighted by Gasteiger charge is 1.91. The molecule has 0 atom stereocenters. The van der Waals surface area contributed by atoms with Crippen LogP contribution < -0.4 is 0 Å². The van der Waals surface area contributed by atoms with Gasteiger partial charge in [0.1, 0.15) is 0 Å². The number of likely N-dealkylation sites (N-methyl/N-ethyl adjacent to an activating group) is 1. The van der Waals surface area contributed by atoms with Crippen LogP contribution in [0, 0.1) is 0 Å². The quantitative estimate of drug-likeness (QED) is 0.631. The number of hydrogen-bond acceptors (Lipinski definition) is 1. The second kappa shape index (κ2) is 4.14. The van der Waals surface area contributed by atoms with Gasteiger partial charge in [-0.3, -0.25) is 0 Å². The molecule has 0 N–H and O–H groups in total. The van der Waals surface area contributed by atoms with Crippen molar-refractivity contribution in [2.24, 2.45) is 0 Å². The first kappa shape index (κ1) is 8.28. The van der Waals surface area contributed by atoms with Gasteiger partial charge in [-0.15, -0.1) is 0 Å². The molecule has 1 aromatic rings. The maximum atomic E-state index is 2.20. The molecule has 0 aromatic heterocycles. The minimum atomic E-state index is 1.13. The zero-order valence-electron chi connectivity index (χ0n) is 7.25. The lowest BCUT2D eigenvalue weighted by Gasteiger charge is -2.08. The molecular formula is C10H15N. The summed E-state index contributed by atoms with van der Waals surface area (Å²) in [6.45, 7) is 1.13. The van der Waals surface area contributed by atoms with E-state index in [2.05, 4.69) is 49.3 Å². The van der Waals surface area contributed by atoms with Gasteiger partial charge >= 0.3 is 0 Å². The monoisotopic (exact) mass is 148 g/mol. The van der Waals surface area contributed by atoms with Gasteiger partial charge in [-0.25, -0.2) is 0 Å². The van der Waals surface area contributed by atoms with E-state index in [9.17, 15) is 0 Å². The fraction of sp³-hybridized carbons (Fsp3) is 0.400. The summed E-state index contributed by atoms with van der Waals surface area (Å²) in [5.74, 6) is 0. The summed E-state index contributed by atoms with van der Waals surface area (Å²) in [4.78, 5) is 2.20. The smallest absolute Gasteiger partial charge is 0.00157 e. The van der Waals surface area contributed by atoms with Crippen LogP contribution in [0.15, 0.2) is 30.3 Å². The van der Waals surface area contributed by atoms with Gasteiger partial charge in [-0.2, -0.15) is 0 Å². The minimum absolute atomic E-state index is 1.13. The van der Waals surface area contributed by atoms with Crippen LogP contribution >= 0.6 is 0 Å². The second-order valence-electron chi connectivity index (χ2n) is 3.04. The number of rotatable bonds is 3. The van der Waals surface area contributed by atoms with E-state index in [1.54, 1.807) is 0 Å². The van der Waals surface area contributed by atoms with E-state index in [1.807, 2.05) is 0 Å². The van der Waals surface area contributed by atoms with E-state index in [-0.39, 0.29) is 0 Å². The Bertz CT molecular complexity index is 191. The molecule has 1 rings (SSSR count). The van der Waals surface area contributed by atoms with Gasteiger partial charge in [0, 0.05) is 6.54 Å². The van der Waals surface area contributed by atoms with Crippen molar-refractivity contribution >= 4 is 0 Å². The molecule has 1 heteroatoms. The Labute approximate surface area is 68.7 Å². The third-order valence-corrected chi connectivity index (χ3v) is 1.69. The van der Waals surface area contributed by atoms with Gasteiger partial charge in [-0.05, 0) is 26.1 Å². The first-order valence-electron chi connectivity index (χ1n) is 3.97. The van der Waals surface area contributed by atoms with Gasteiger partial charge in [0.05, 0.1) is 0 Å². The molecule has 60 valence electrons. The fourth-order valence-corrected chi connectivity index (χ4v) is 0.997. The Hall–Kier alpha value is -0.820. The van der Waals surface area contributed by atoms with E-state index in [4.69, 9.17) is 0 Å². The highest BCUT2D eigenvalue weighted by molar-refractivity contribution is 5.14. The fourth-order valence-electron chi connectivity index (χ4n) is 0.997. The molecule has 0 spiro atoms. The van der Waals surface area contributed by atoms with E-state index in [1.165, 1.54) is 5.56 Å². The summed E-state index contributed by atoms with van der Waals surface area (Å²) < 4.78 is 0. The molecule has 0 heterocycles. The Balaban J connectivity index is 2.39. The molecule has 0 aliphatic carbocycles. The molecule has 1 aromatic carbocycles. The third-order valence-electron chi connectivity index (χ3n) is 1.69. The van der Waals surface area contributed by atoms with Crippen molar-refractivity contribution < 1.29 is 0 Å². The van der Waals surface area contributed by atoms with Gasteiger partial charge in [0.25, 0.3) is 0 Å². The summed E-state index contributed by atoms with van der Waals surface area (Å²) in [6.07, 6.45) is 1.15. The van der Waals surface area contributed by atoms with Crippen LogP contribution in [0.4, 0.5) is 0 Å². The lowest BCUT2D eigenvalue weighted by molar-refractivity contribution is 0.413. The van der Waals surface area contributed by atoms with Gasteiger partial charge < -0.3 is 4.90 Å². The molecule has 0 aliphatic rings. The SMILES string of the molecule is CN(C)[11CH2]Cc1ccccc1. The minimum Gasteiger partial charge on any atom is -0.309 e. The first-order valence-corrected chi connectivity index (χ1v) is 3.97. The molecule has 0 amide bonds. The molecule has 0 radical (unpaired) electrons. The van der Waals surface area contributed by atoms with Crippen LogP contribution in [0.25, 0.3) is 0 Å². The molecular weight excluding hydrogens is 133 g/mol. The van der Waals surface area contributed by atoms with Crippen molar-refractivity contribution in [2.45, 2.75) is 6.42 Å². The van der Waals surface area contributed by atoms with Crippen LogP contribution in [0.2, 0.25) is 0 Å².